The summed E-state index contributed by atoms with van der Waals surface area (Å²) in [5, 5.41) is 198. The van der Waals surface area contributed by atoms with E-state index in [1.54, 1.807) is 13.8 Å². The van der Waals surface area contributed by atoms with Crippen LogP contribution in [0.3, 0.4) is 0 Å². The summed E-state index contributed by atoms with van der Waals surface area (Å²) in [6.45, 7) is 10.4. The van der Waals surface area contributed by atoms with Crippen LogP contribution in [0, 0.1) is 56.7 Å². The summed E-state index contributed by atoms with van der Waals surface area (Å²) in [5.74, 6) is -1.45. The zero-order valence-corrected chi connectivity index (χ0v) is 51.1. The van der Waals surface area contributed by atoms with Crippen LogP contribution in [0.5, 0.6) is 0 Å². The van der Waals surface area contributed by atoms with E-state index in [1.807, 2.05) is 6.92 Å². The molecule has 6 aliphatic carbocycles. The summed E-state index contributed by atoms with van der Waals surface area (Å²) in [6, 6.07) is 0. The number of aliphatic hydroxyl groups excluding tert-OH is 17. The lowest BCUT2D eigenvalue weighted by atomic mass is 9.41. The summed E-state index contributed by atoms with van der Waals surface area (Å²) < 4.78 is 61.4. The van der Waals surface area contributed by atoms with Gasteiger partial charge in [-0.2, -0.15) is 0 Å². The van der Waals surface area contributed by atoms with Gasteiger partial charge < -0.3 is 139 Å². The van der Waals surface area contributed by atoms with Gasteiger partial charge in [-0.05, 0) is 131 Å². The molecule has 17 unspecified atom stereocenters. The van der Waals surface area contributed by atoms with Crippen LogP contribution in [-0.2, 0) is 47.4 Å². The average molecular weight is 1270 g/mol. The minimum Gasteiger partial charge on any atom is -0.396 e. The quantitative estimate of drug-likeness (QED) is 0.0644. The van der Waals surface area contributed by atoms with Crippen molar-refractivity contribution in [3.8, 4) is 0 Å². The topological polar surface area (TPSA) is 456 Å². The van der Waals surface area contributed by atoms with Crippen molar-refractivity contribution in [1.29, 1.82) is 0 Å². The van der Waals surface area contributed by atoms with Crippen molar-refractivity contribution in [2.45, 2.75) is 290 Å². The van der Waals surface area contributed by atoms with Crippen LogP contribution in [0.2, 0.25) is 0 Å². The van der Waals surface area contributed by atoms with Gasteiger partial charge in [-0.1, -0.05) is 20.8 Å². The van der Waals surface area contributed by atoms with Gasteiger partial charge in [0, 0.05) is 17.3 Å². The maximum absolute atomic E-state index is 12.6. The summed E-state index contributed by atoms with van der Waals surface area (Å²) in [4.78, 5) is 0. The fourth-order valence-corrected chi connectivity index (χ4v) is 19.5. The van der Waals surface area contributed by atoms with Crippen molar-refractivity contribution in [2.75, 3.05) is 26.4 Å². The number of fused-ring (bicyclic) bond motifs is 2. The second-order valence-corrected chi connectivity index (χ2v) is 29.5. The molecule has 0 aromatic rings. The molecule has 38 atom stereocenters. The molecule has 2 spiro atoms. The summed E-state index contributed by atoms with van der Waals surface area (Å²) in [7, 11) is 0. The van der Waals surface area contributed by atoms with Crippen molar-refractivity contribution in [1.82, 2.24) is 0 Å². The first-order chi connectivity index (χ1) is 41.3. The van der Waals surface area contributed by atoms with Gasteiger partial charge in [0.15, 0.2) is 31.5 Å². The Balaban J connectivity index is 0.835. The molecule has 508 valence electrons. The summed E-state index contributed by atoms with van der Waals surface area (Å²) in [6.07, 6.45) is -35.9. The fourth-order valence-electron chi connectivity index (χ4n) is 19.5. The molecule has 5 saturated heterocycles. The SMILES string of the molecule is CC1OC(OCC2OC(O[C@H]3CC[C@]45CC46CC[C@]4(C)C(C7C(O)[C@H](C(C)(C)O)C[C@@H]7OC7OC(CO)[C@@H](O)[C@@H](O)[C@@H]7OC7OC(CO)C(O)[C@@H](O)[C@@H]7O)CC[C@@]4(C)C6CCC5[C@@]3(C)CO)[C@@H](OC3OC(C)[C@H](O)[C@H](O)[C@@H]3O)[C@H](O)[C@@H]2O)[C@@H](O)[C@@H](O)[C@H]1O. The third-order valence-electron chi connectivity index (χ3n) is 24.9. The second-order valence-electron chi connectivity index (χ2n) is 29.5. The minimum absolute atomic E-state index is 0.0929. The van der Waals surface area contributed by atoms with Crippen molar-refractivity contribution in [3.05, 3.63) is 0 Å². The van der Waals surface area contributed by atoms with Crippen LogP contribution in [0.15, 0.2) is 0 Å². The van der Waals surface area contributed by atoms with E-state index in [9.17, 15) is 91.9 Å². The van der Waals surface area contributed by atoms with Crippen molar-refractivity contribution < 1.29 is 139 Å². The normalized spacial score (nSPS) is 58.1. The van der Waals surface area contributed by atoms with Gasteiger partial charge in [0.05, 0.1) is 62.5 Å². The number of ether oxygens (including phenoxy) is 10. The lowest BCUT2D eigenvalue weighted by Crippen LogP contribution is -2.66. The molecule has 11 fully saturated rings. The van der Waals surface area contributed by atoms with Crippen LogP contribution in [0.4, 0.5) is 0 Å². The number of rotatable bonds is 16. The number of hydrogen-bond donors (Lipinski definition) is 18. The zero-order valence-electron chi connectivity index (χ0n) is 51.1. The standard InChI is InChI=1S/C60H100O28/c1-22-34(64)40(70)45(75)50(80-22)79-19-29-39(69)44(74)49(87-51-46(76)41(71)35(65)23(2)81-51)54(85-29)86-32-11-13-59-20-60(59)15-14-57(6)24(10-12-58(57,7)31(60)9-8-30(59)56(32,5)21-63)33-26(16-25(36(33)66)55(3,4)78)82-53-48(43(73)38(68)28(18-62)84-53)88-52-47(77)42(72)37(67)27(17-61)83-52/h22-54,61-78H,8-21H2,1-7H3/t22?,23?,24?,25-,26+,27?,28?,29?,30?,31?,32+,33?,34+,35+,36?,37?,38-,39-,40+,41+,42-,43-,44-,45+,46+,47+,48+,49+,50?,51?,52?,53?,54?,56-,57-,58+,59-,60?/m1/s1. The van der Waals surface area contributed by atoms with Crippen LogP contribution in [0.25, 0.3) is 0 Å². The van der Waals surface area contributed by atoms with Crippen molar-refractivity contribution >= 4 is 0 Å². The molecule has 88 heavy (non-hydrogen) atoms. The van der Waals surface area contributed by atoms with Gasteiger partial charge in [0.2, 0.25) is 0 Å². The lowest BCUT2D eigenvalue weighted by Gasteiger charge is -2.64. The third kappa shape index (κ3) is 10.8. The lowest BCUT2D eigenvalue weighted by molar-refractivity contribution is -0.380. The predicted octanol–water partition coefficient (Wildman–Crippen LogP) is -4.94. The Hall–Kier alpha value is -1.12. The Morgan fingerprint density at radius 1 is 0.455 bits per heavy atom. The van der Waals surface area contributed by atoms with E-state index in [4.69, 9.17) is 47.4 Å². The molecule has 5 aliphatic heterocycles. The van der Waals surface area contributed by atoms with Crippen LogP contribution < -0.4 is 0 Å². The third-order valence-corrected chi connectivity index (χ3v) is 24.9. The molecule has 5 heterocycles. The Morgan fingerprint density at radius 3 is 1.52 bits per heavy atom. The molecular weight excluding hydrogens is 1170 g/mol. The van der Waals surface area contributed by atoms with E-state index in [2.05, 4.69) is 13.8 Å². The monoisotopic (exact) mass is 1270 g/mol. The Morgan fingerprint density at radius 2 is 0.943 bits per heavy atom. The molecular formula is C60H100O28. The Labute approximate surface area is 511 Å². The van der Waals surface area contributed by atoms with Gasteiger partial charge in [-0.25, -0.2) is 0 Å². The van der Waals surface area contributed by atoms with Gasteiger partial charge in [0.1, 0.15) is 110 Å². The van der Waals surface area contributed by atoms with Crippen molar-refractivity contribution in [2.24, 2.45) is 56.7 Å². The molecule has 0 bridgehead atoms. The van der Waals surface area contributed by atoms with Crippen LogP contribution >= 0.6 is 0 Å². The zero-order chi connectivity index (χ0) is 64.0. The first-order valence-corrected chi connectivity index (χ1v) is 31.9. The maximum atomic E-state index is 12.6. The van der Waals surface area contributed by atoms with Crippen LogP contribution in [-0.4, -0.2) is 296 Å². The maximum Gasteiger partial charge on any atom is 0.187 e. The molecule has 0 aromatic carbocycles. The molecule has 28 nitrogen and oxygen atoms in total. The molecule has 0 amide bonds. The highest BCUT2D eigenvalue weighted by molar-refractivity contribution is 5.31. The van der Waals surface area contributed by atoms with Gasteiger partial charge in [0.25, 0.3) is 0 Å². The van der Waals surface area contributed by atoms with Gasteiger partial charge in [-0.15, -0.1) is 0 Å². The Kier molecular flexibility index (Phi) is 19.3. The van der Waals surface area contributed by atoms with E-state index < -0.39 is 220 Å². The molecule has 11 aliphatic rings. The number of hydrogen-bond acceptors (Lipinski definition) is 28. The first kappa shape index (κ1) is 68.3. The van der Waals surface area contributed by atoms with Crippen molar-refractivity contribution in [3.63, 3.8) is 0 Å². The summed E-state index contributed by atoms with van der Waals surface area (Å²) >= 11 is 0. The predicted molar refractivity (Wildman–Crippen MR) is 295 cm³/mol. The van der Waals surface area contributed by atoms with Gasteiger partial charge in [-0.3, -0.25) is 0 Å². The van der Waals surface area contributed by atoms with E-state index in [0.29, 0.717) is 25.7 Å². The average Bonchev–Trinajstić information content (AvgIpc) is 1.48. The van der Waals surface area contributed by atoms with E-state index >= 15 is 0 Å². The molecule has 11 rings (SSSR count). The molecule has 0 aromatic heterocycles. The van der Waals surface area contributed by atoms with E-state index in [0.717, 1.165) is 32.1 Å². The highest BCUT2D eigenvalue weighted by Crippen LogP contribution is 2.89. The second kappa shape index (κ2) is 24.8. The number of aliphatic hydroxyl groups is 18. The molecule has 28 heteroatoms. The van der Waals surface area contributed by atoms with Gasteiger partial charge >= 0.3 is 0 Å². The fraction of sp³-hybridized carbons (Fsp3) is 1.00. The highest BCUT2D eigenvalue weighted by atomic mass is 16.8. The molecule has 6 saturated carbocycles. The molecule has 18 N–H and O–H groups in total. The van der Waals surface area contributed by atoms with E-state index in [1.165, 1.54) is 13.8 Å². The molecule has 0 radical (unpaired) electrons. The highest BCUT2D eigenvalue weighted by Gasteiger charge is 2.83. The van der Waals surface area contributed by atoms with Crippen LogP contribution in [0.1, 0.15) is 113 Å². The van der Waals surface area contributed by atoms with E-state index in [-0.39, 0.29) is 47.0 Å². The Bertz CT molecular complexity index is 2390. The summed E-state index contributed by atoms with van der Waals surface area (Å²) in [5.41, 5.74) is -3.46. The first-order valence-electron chi connectivity index (χ1n) is 31.9. The smallest absolute Gasteiger partial charge is 0.187 e. The minimum atomic E-state index is -1.89. The largest absolute Gasteiger partial charge is 0.396 e.